The van der Waals surface area contributed by atoms with Crippen molar-refractivity contribution in [1.29, 1.82) is 0 Å². The van der Waals surface area contributed by atoms with Crippen LogP contribution in [0.3, 0.4) is 0 Å². The predicted molar refractivity (Wildman–Crippen MR) is 130 cm³/mol. The molecule has 1 N–H and O–H groups in total. The third-order valence-electron chi connectivity index (χ3n) is 4.48. The van der Waals surface area contributed by atoms with E-state index in [0.717, 1.165) is 15.6 Å². The zero-order chi connectivity index (χ0) is 22.1. The molecule has 7 heteroatoms. The quantitative estimate of drug-likeness (QED) is 0.456. The highest BCUT2D eigenvalue weighted by atomic mass is 79.9. The maximum atomic E-state index is 13.1. The van der Waals surface area contributed by atoms with Crippen molar-refractivity contribution in [3.8, 4) is 0 Å². The van der Waals surface area contributed by atoms with E-state index < -0.39 is 6.04 Å². The molecule has 0 saturated carbocycles. The molecule has 0 heterocycles. The number of halogens is 2. The second-order valence-electron chi connectivity index (χ2n) is 7.59. The summed E-state index contributed by atoms with van der Waals surface area (Å²) < 4.78 is 0.944. The van der Waals surface area contributed by atoms with Crippen LogP contribution in [-0.4, -0.2) is 35.1 Å². The van der Waals surface area contributed by atoms with Gasteiger partial charge in [0.05, 0.1) is 5.75 Å². The van der Waals surface area contributed by atoms with Gasteiger partial charge in [0.25, 0.3) is 0 Å². The number of carbonyl (C=O) groups is 2. The van der Waals surface area contributed by atoms with Gasteiger partial charge >= 0.3 is 0 Å². The Morgan fingerprint density at radius 2 is 1.80 bits per heavy atom. The molecule has 0 aliphatic heterocycles. The molecule has 4 nitrogen and oxygen atoms in total. The van der Waals surface area contributed by atoms with E-state index in [1.807, 2.05) is 62.4 Å². The van der Waals surface area contributed by atoms with Gasteiger partial charge in [-0.1, -0.05) is 65.6 Å². The predicted octanol–water partition coefficient (Wildman–Crippen LogP) is 5.53. The lowest BCUT2D eigenvalue weighted by Crippen LogP contribution is -2.48. The van der Waals surface area contributed by atoms with E-state index in [0.29, 0.717) is 35.5 Å². The molecule has 2 aromatic rings. The highest BCUT2D eigenvalue weighted by Gasteiger charge is 2.26. The van der Waals surface area contributed by atoms with Crippen LogP contribution in [0.2, 0.25) is 5.02 Å². The summed E-state index contributed by atoms with van der Waals surface area (Å²) in [4.78, 5) is 27.4. The zero-order valence-corrected chi connectivity index (χ0v) is 20.7. The van der Waals surface area contributed by atoms with Gasteiger partial charge in [-0.15, -0.1) is 11.8 Å². The molecule has 2 amide bonds. The molecule has 0 fully saturated rings. The summed E-state index contributed by atoms with van der Waals surface area (Å²) in [6.07, 6.45) is 0. The van der Waals surface area contributed by atoms with Crippen LogP contribution in [0.4, 0.5) is 0 Å². The topological polar surface area (TPSA) is 49.4 Å². The van der Waals surface area contributed by atoms with E-state index in [2.05, 4.69) is 21.2 Å². The van der Waals surface area contributed by atoms with Crippen molar-refractivity contribution in [3.63, 3.8) is 0 Å². The van der Waals surface area contributed by atoms with Crippen molar-refractivity contribution in [2.45, 2.75) is 39.1 Å². The summed E-state index contributed by atoms with van der Waals surface area (Å²) in [5.41, 5.74) is 2.04. The number of rotatable bonds is 10. The Morgan fingerprint density at radius 3 is 2.47 bits per heavy atom. The minimum atomic E-state index is -0.554. The first-order valence-corrected chi connectivity index (χ1v) is 12.2. The van der Waals surface area contributed by atoms with Gasteiger partial charge in [-0.05, 0) is 48.2 Å². The van der Waals surface area contributed by atoms with Crippen LogP contribution in [0, 0.1) is 5.92 Å². The standard InChI is InChI=1S/C23H28BrClN2O2S/c1-16(2)12-26-23(29)17(3)27(13-18-6-4-8-20(24)10-18)22(28)15-30-14-19-7-5-9-21(25)11-19/h4-11,16-17H,12-15H2,1-3H3,(H,26,29)/t17-/m0/s1. The number of amides is 2. The average Bonchev–Trinajstić information content (AvgIpc) is 2.69. The molecule has 1 atom stereocenters. The minimum absolute atomic E-state index is 0.0609. The highest BCUT2D eigenvalue weighted by Crippen LogP contribution is 2.19. The number of hydrogen-bond donors (Lipinski definition) is 1. The molecule has 2 rings (SSSR count). The van der Waals surface area contributed by atoms with Gasteiger partial charge in [-0.25, -0.2) is 0 Å². The van der Waals surface area contributed by atoms with Crippen molar-refractivity contribution in [2.24, 2.45) is 5.92 Å². The van der Waals surface area contributed by atoms with Crippen LogP contribution < -0.4 is 5.32 Å². The van der Waals surface area contributed by atoms with E-state index in [1.165, 1.54) is 11.8 Å². The van der Waals surface area contributed by atoms with E-state index in [-0.39, 0.29) is 11.8 Å². The Hall–Kier alpha value is -1.50. The summed E-state index contributed by atoms with van der Waals surface area (Å²) in [7, 11) is 0. The maximum Gasteiger partial charge on any atom is 0.242 e. The number of nitrogens with one attached hydrogen (secondary N) is 1. The molecule has 0 unspecified atom stereocenters. The van der Waals surface area contributed by atoms with Crippen LogP contribution in [0.5, 0.6) is 0 Å². The third kappa shape index (κ3) is 8.32. The summed E-state index contributed by atoms with van der Waals surface area (Å²) in [5, 5.41) is 3.63. The van der Waals surface area contributed by atoms with Crippen molar-refractivity contribution < 1.29 is 9.59 Å². The SMILES string of the molecule is CC(C)CNC(=O)[C@H](C)N(Cc1cccc(Br)c1)C(=O)CSCc1cccc(Cl)c1. The van der Waals surface area contributed by atoms with Crippen LogP contribution in [0.15, 0.2) is 53.0 Å². The lowest BCUT2D eigenvalue weighted by molar-refractivity contribution is -0.138. The molecule has 2 aromatic carbocycles. The Bertz CT molecular complexity index is 863. The molecule has 0 aliphatic rings. The minimum Gasteiger partial charge on any atom is -0.354 e. The van der Waals surface area contributed by atoms with Crippen LogP contribution in [0.25, 0.3) is 0 Å². The largest absolute Gasteiger partial charge is 0.354 e. The first kappa shape index (κ1) is 24.8. The van der Waals surface area contributed by atoms with Crippen molar-refractivity contribution in [3.05, 3.63) is 69.2 Å². The van der Waals surface area contributed by atoms with Crippen molar-refractivity contribution in [1.82, 2.24) is 10.2 Å². The van der Waals surface area contributed by atoms with Crippen LogP contribution in [-0.2, 0) is 21.9 Å². The smallest absolute Gasteiger partial charge is 0.242 e. The molecule has 0 spiro atoms. The fraction of sp³-hybridized carbons (Fsp3) is 0.391. The van der Waals surface area contributed by atoms with Gasteiger partial charge in [0.2, 0.25) is 11.8 Å². The monoisotopic (exact) mass is 510 g/mol. The van der Waals surface area contributed by atoms with Crippen LogP contribution >= 0.6 is 39.3 Å². The molecule has 30 heavy (non-hydrogen) atoms. The van der Waals surface area contributed by atoms with Crippen molar-refractivity contribution in [2.75, 3.05) is 12.3 Å². The number of thioether (sulfide) groups is 1. The first-order chi connectivity index (χ1) is 14.3. The lowest BCUT2D eigenvalue weighted by atomic mass is 10.1. The lowest BCUT2D eigenvalue weighted by Gasteiger charge is -2.29. The Balaban J connectivity index is 2.06. The number of benzene rings is 2. The Morgan fingerprint density at radius 1 is 1.10 bits per heavy atom. The normalized spacial score (nSPS) is 11.9. The van der Waals surface area contributed by atoms with E-state index in [1.54, 1.807) is 11.8 Å². The van der Waals surface area contributed by atoms with Gasteiger partial charge in [-0.2, -0.15) is 0 Å². The second-order valence-corrected chi connectivity index (χ2v) is 9.93. The van der Waals surface area contributed by atoms with Crippen LogP contribution in [0.1, 0.15) is 31.9 Å². The zero-order valence-electron chi connectivity index (χ0n) is 17.5. The third-order valence-corrected chi connectivity index (χ3v) is 6.19. The average molecular weight is 512 g/mol. The fourth-order valence-corrected chi connectivity index (χ4v) is 4.35. The molecule has 162 valence electrons. The molecular formula is C23H28BrClN2O2S. The number of carbonyl (C=O) groups excluding carboxylic acids is 2. The Labute approximate surface area is 196 Å². The summed E-state index contributed by atoms with van der Waals surface area (Å²) in [5.74, 6) is 1.14. The first-order valence-electron chi connectivity index (χ1n) is 9.90. The van der Waals surface area contributed by atoms with Gasteiger partial charge in [0.1, 0.15) is 6.04 Å². The van der Waals surface area contributed by atoms with Gasteiger partial charge in [0.15, 0.2) is 0 Å². The molecule has 0 aromatic heterocycles. The highest BCUT2D eigenvalue weighted by molar-refractivity contribution is 9.10. The molecular weight excluding hydrogens is 484 g/mol. The molecule has 0 saturated heterocycles. The Kier molecular flexibility index (Phi) is 10.2. The van der Waals surface area contributed by atoms with Gasteiger partial charge in [-0.3, -0.25) is 9.59 Å². The number of hydrogen-bond acceptors (Lipinski definition) is 3. The number of nitrogens with zero attached hydrogens (tertiary/aromatic N) is 1. The molecule has 0 aliphatic carbocycles. The van der Waals surface area contributed by atoms with Crippen molar-refractivity contribution >= 4 is 51.1 Å². The summed E-state index contributed by atoms with van der Waals surface area (Å²) in [6.45, 7) is 6.84. The van der Waals surface area contributed by atoms with E-state index >= 15 is 0 Å². The maximum absolute atomic E-state index is 13.1. The fourth-order valence-electron chi connectivity index (χ4n) is 2.83. The molecule has 0 radical (unpaired) electrons. The van der Waals surface area contributed by atoms with Gasteiger partial charge in [0, 0.05) is 28.3 Å². The summed E-state index contributed by atoms with van der Waals surface area (Å²) >= 11 is 11.0. The van der Waals surface area contributed by atoms with E-state index in [4.69, 9.17) is 11.6 Å². The van der Waals surface area contributed by atoms with Gasteiger partial charge < -0.3 is 10.2 Å². The summed E-state index contributed by atoms with van der Waals surface area (Å²) in [6, 6.07) is 14.9. The molecule has 0 bridgehead atoms. The van der Waals surface area contributed by atoms with E-state index in [9.17, 15) is 9.59 Å². The second kappa shape index (κ2) is 12.4.